The van der Waals surface area contributed by atoms with Gasteiger partial charge in [-0.2, -0.15) is 0 Å². The molecular weight excluding hydrogens is 234 g/mol. The Morgan fingerprint density at radius 3 is 3.08 bits per heavy atom. The van der Waals surface area contributed by atoms with Gasteiger partial charge in [-0.1, -0.05) is 5.92 Å². The number of rotatable bonds is 3. The fraction of sp³-hybridized carbons (Fsp3) is 0.333. The number of hydrogen-bond donors (Lipinski definition) is 1. The molecule has 0 amide bonds. The van der Waals surface area contributed by atoms with Crippen molar-refractivity contribution >= 4 is 27.3 Å². The van der Waals surface area contributed by atoms with E-state index in [4.69, 9.17) is 6.42 Å². The Morgan fingerprint density at radius 2 is 2.58 bits per heavy atom. The van der Waals surface area contributed by atoms with Crippen LogP contribution in [0.5, 0.6) is 0 Å². The molecule has 1 heterocycles. The van der Waals surface area contributed by atoms with Crippen molar-refractivity contribution in [2.75, 3.05) is 6.54 Å². The number of thiophene rings is 1. The van der Waals surface area contributed by atoms with Gasteiger partial charge in [-0.25, -0.2) is 0 Å². The molecule has 1 aromatic rings. The maximum absolute atomic E-state index is 5.15. The van der Waals surface area contributed by atoms with Crippen molar-refractivity contribution in [1.82, 2.24) is 5.32 Å². The van der Waals surface area contributed by atoms with Gasteiger partial charge in [-0.05, 0) is 34.3 Å². The van der Waals surface area contributed by atoms with Crippen LogP contribution in [-0.2, 0) is 0 Å². The first-order valence-electron chi connectivity index (χ1n) is 3.65. The molecule has 1 atom stereocenters. The van der Waals surface area contributed by atoms with Gasteiger partial charge in [0.15, 0.2) is 0 Å². The van der Waals surface area contributed by atoms with Crippen LogP contribution >= 0.6 is 27.3 Å². The molecule has 12 heavy (non-hydrogen) atoms. The molecule has 1 nitrogen and oxygen atoms in total. The van der Waals surface area contributed by atoms with E-state index in [-0.39, 0.29) is 0 Å². The van der Waals surface area contributed by atoms with Crippen molar-refractivity contribution < 1.29 is 0 Å². The van der Waals surface area contributed by atoms with Gasteiger partial charge in [-0.3, -0.25) is 5.32 Å². The Balaban J connectivity index is 2.60. The zero-order valence-corrected chi connectivity index (χ0v) is 9.21. The summed E-state index contributed by atoms with van der Waals surface area (Å²) in [5.41, 5.74) is 0. The van der Waals surface area contributed by atoms with Crippen molar-refractivity contribution in [3.05, 3.63) is 20.8 Å². The summed E-state index contributed by atoms with van der Waals surface area (Å²) < 4.78 is 1.16. The van der Waals surface area contributed by atoms with E-state index in [1.807, 2.05) is 6.07 Å². The third-order valence-corrected chi connectivity index (χ3v) is 3.60. The number of terminal acetylenes is 1. The summed E-state index contributed by atoms with van der Waals surface area (Å²) in [6.07, 6.45) is 5.15. The van der Waals surface area contributed by atoms with Crippen LogP contribution in [0, 0.1) is 12.3 Å². The van der Waals surface area contributed by atoms with Crippen LogP contribution in [0.4, 0.5) is 0 Å². The van der Waals surface area contributed by atoms with Crippen molar-refractivity contribution in [2.45, 2.75) is 13.0 Å². The van der Waals surface area contributed by atoms with E-state index < -0.39 is 0 Å². The first-order valence-corrected chi connectivity index (χ1v) is 5.32. The normalized spacial score (nSPS) is 12.4. The van der Waals surface area contributed by atoms with E-state index in [2.05, 4.69) is 39.5 Å². The third kappa shape index (κ3) is 2.34. The number of hydrogen-bond acceptors (Lipinski definition) is 2. The minimum absolute atomic E-state index is 0.329. The van der Waals surface area contributed by atoms with Gasteiger partial charge < -0.3 is 0 Å². The molecule has 1 rings (SSSR count). The molecule has 64 valence electrons. The summed E-state index contributed by atoms with van der Waals surface area (Å²) in [4.78, 5) is 1.30. The van der Waals surface area contributed by atoms with Crippen LogP contribution in [0.1, 0.15) is 17.8 Å². The molecule has 0 fully saturated rings. The quantitative estimate of drug-likeness (QED) is 0.806. The molecule has 0 aromatic carbocycles. The van der Waals surface area contributed by atoms with Gasteiger partial charge in [-0.15, -0.1) is 17.8 Å². The van der Waals surface area contributed by atoms with Gasteiger partial charge in [0.1, 0.15) is 0 Å². The largest absolute Gasteiger partial charge is 0.299 e. The molecule has 1 unspecified atom stereocenters. The summed E-state index contributed by atoms with van der Waals surface area (Å²) in [5.74, 6) is 2.56. The molecule has 0 saturated heterocycles. The molecule has 0 saturated carbocycles. The summed E-state index contributed by atoms with van der Waals surface area (Å²) in [5, 5.41) is 5.28. The highest BCUT2D eigenvalue weighted by atomic mass is 79.9. The molecule has 1 N–H and O–H groups in total. The Hall–Kier alpha value is -0.300. The third-order valence-electron chi connectivity index (χ3n) is 1.55. The van der Waals surface area contributed by atoms with E-state index in [1.54, 1.807) is 11.3 Å². The lowest BCUT2D eigenvalue weighted by atomic mass is 10.3. The van der Waals surface area contributed by atoms with Gasteiger partial charge >= 0.3 is 0 Å². The Kier molecular flexibility index (Phi) is 3.80. The minimum atomic E-state index is 0.329. The molecular formula is C9H10BrNS. The molecule has 0 spiro atoms. The summed E-state index contributed by atoms with van der Waals surface area (Å²) >= 11 is 5.21. The predicted octanol–water partition coefficient (Wildman–Crippen LogP) is 2.79. The SMILES string of the molecule is C#CCNC(C)c1sccc1Br. The minimum Gasteiger partial charge on any atom is -0.299 e. The smallest absolute Gasteiger partial charge is 0.0578 e. The lowest BCUT2D eigenvalue weighted by molar-refractivity contribution is 0.631. The Morgan fingerprint density at radius 1 is 1.83 bits per heavy atom. The number of halogens is 1. The van der Waals surface area contributed by atoms with Crippen molar-refractivity contribution in [2.24, 2.45) is 0 Å². The maximum atomic E-state index is 5.15. The molecule has 0 aliphatic heterocycles. The fourth-order valence-electron chi connectivity index (χ4n) is 0.919. The standard InChI is InChI=1S/C9H10BrNS/c1-3-5-11-7(2)9-8(10)4-6-12-9/h1,4,6-7,11H,5H2,2H3. The summed E-state index contributed by atoms with van der Waals surface area (Å²) in [7, 11) is 0. The average Bonchev–Trinajstić information content (AvgIpc) is 2.47. The molecule has 0 radical (unpaired) electrons. The molecule has 0 aliphatic carbocycles. The molecule has 3 heteroatoms. The second-order valence-corrected chi connectivity index (χ2v) is 4.24. The first-order chi connectivity index (χ1) is 5.75. The van der Waals surface area contributed by atoms with Gasteiger partial charge in [0.25, 0.3) is 0 Å². The van der Waals surface area contributed by atoms with Crippen molar-refractivity contribution in [3.8, 4) is 12.3 Å². The highest BCUT2D eigenvalue weighted by molar-refractivity contribution is 9.10. The van der Waals surface area contributed by atoms with Crippen LogP contribution in [0.2, 0.25) is 0 Å². The van der Waals surface area contributed by atoms with Crippen LogP contribution in [-0.4, -0.2) is 6.54 Å². The maximum Gasteiger partial charge on any atom is 0.0578 e. The zero-order valence-electron chi connectivity index (χ0n) is 6.80. The Bertz CT molecular complexity index is 287. The van der Waals surface area contributed by atoms with Crippen LogP contribution < -0.4 is 5.32 Å². The van der Waals surface area contributed by atoms with Gasteiger partial charge in [0.2, 0.25) is 0 Å². The average molecular weight is 244 g/mol. The first kappa shape index (κ1) is 9.79. The van der Waals surface area contributed by atoms with Crippen LogP contribution in [0.3, 0.4) is 0 Å². The second-order valence-electron chi connectivity index (χ2n) is 2.44. The van der Waals surface area contributed by atoms with E-state index >= 15 is 0 Å². The van der Waals surface area contributed by atoms with E-state index in [1.165, 1.54) is 4.88 Å². The van der Waals surface area contributed by atoms with E-state index in [0.29, 0.717) is 12.6 Å². The second kappa shape index (κ2) is 4.66. The molecule has 1 aromatic heterocycles. The van der Waals surface area contributed by atoms with E-state index in [9.17, 15) is 0 Å². The fourth-order valence-corrected chi connectivity index (χ4v) is 2.67. The lowest BCUT2D eigenvalue weighted by Crippen LogP contribution is -2.17. The molecule has 0 aliphatic rings. The number of nitrogens with one attached hydrogen (secondary N) is 1. The lowest BCUT2D eigenvalue weighted by Gasteiger charge is -2.09. The van der Waals surface area contributed by atoms with Crippen molar-refractivity contribution in [1.29, 1.82) is 0 Å². The van der Waals surface area contributed by atoms with Crippen molar-refractivity contribution in [3.63, 3.8) is 0 Å². The van der Waals surface area contributed by atoms with Gasteiger partial charge in [0, 0.05) is 15.4 Å². The van der Waals surface area contributed by atoms with E-state index in [0.717, 1.165) is 4.47 Å². The van der Waals surface area contributed by atoms with Crippen LogP contribution in [0.15, 0.2) is 15.9 Å². The highest BCUT2D eigenvalue weighted by Gasteiger charge is 2.08. The highest BCUT2D eigenvalue weighted by Crippen LogP contribution is 2.28. The monoisotopic (exact) mass is 243 g/mol. The van der Waals surface area contributed by atoms with Gasteiger partial charge in [0.05, 0.1) is 6.54 Å². The molecule has 0 bridgehead atoms. The van der Waals surface area contributed by atoms with Crippen LogP contribution in [0.25, 0.3) is 0 Å². The summed E-state index contributed by atoms with van der Waals surface area (Å²) in [6.45, 7) is 2.72. The predicted molar refractivity (Wildman–Crippen MR) is 57.3 cm³/mol. The topological polar surface area (TPSA) is 12.0 Å². The summed E-state index contributed by atoms with van der Waals surface area (Å²) in [6, 6.07) is 2.38. The Labute approximate surface area is 85.3 Å². The zero-order chi connectivity index (χ0) is 8.97.